The molecule has 0 bridgehead atoms. The van der Waals surface area contributed by atoms with Crippen LogP contribution in [0.25, 0.3) is 6.08 Å². The molecule has 1 aromatic rings. The number of carbonyl (C=O) groups excluding carboxylic acids is 1. The monoisotopic (exact) mass is 274 g/mol. The van der Waals surface area contributed by atoms with Crippen LogP contribution in [0.15, 0.2) is 30.3 Å². The van der Waals surface area contributed by atoms with Gasteiger partial charge in [-0.1, -0.05) is 24.3 Å². The first-order valence-electron chi connectivity index (χ1n) is 7.09. The van der Waals surface area contributed by atoms with Crippen molar-refractivity contribution in [3.05, 3.63) is 35.9 Å². The standard InChI is InChI=1S/C16H22N2O2/c1-14(19)17-8-3-2-5-15-6-4-7-16(13-15)18-9-11-20-12-10-18/h2,4-7,13H,3,8-12H2,1H3,(H,17,19). The third-order valence-corrected chi connectivity index (χ3v) is 3.24. The second-order valence-corrected chi connectivity index (χ2v) is 4.87. The minimum atomic E-state index is 0.0210. The summed E-state index contributed by atoms with van der Waals surface area (Å²) < 4.78 is 5.37. The number of hydrogen-bond donors (Lipinski definition) is 1. The van der Waals surface area contributed by atoms with Crippen LogP contribution < -0.4 is 10.2 Å². The molecule has 1 N–H and O–H groups in total. The van der Waals surface area contributed by atoms with Crippen molar-refractivity contribution in [1.29, 1.82) is 0 Å². The Morgan fingerprint density at radius 1 is 1.40 bits per heavy atom. The smallest absolute Gasteiger partial charge is 0.216 e. The van der Waals surface area contributed by atoms with Crippen molar-refractivity contribution in [2.24, 2.45) is 0 Å². The predicted octanol–water partition coefficient (Wildman–Crippen LogP) is 2.06. The Hall–Kier alpha value is -1.81. The molecular formula is C16H22N2O2. The molecule has 0 unspecified atom stereocenters. The summed E-state index contributed by atoms with van der Waals surface area (Å²) in [5.74, 6) is 0.0210. The molecule has 0 atom stereocenters. The number of morpholine rings is 1. The van der Waals surface area contributed by atoms with Crippen LogP contribution >= 0.6 is 0 Å². The highest BCUT2D eigenvalue weighted by Crippen LogP contribution is 2.18. The maximum absolute atomic E-state index is 10.7. The Bertz CT molecular complexity index is 465. The number of amides is 1. The largest absolute Gasteiger partial charge is 0.378 e. The lowest BCUT2D eigenvalue weighted by atomic mass is 10.1. The number of anilines is 1. The number of nitrogens with zero attached hydrogens (tertiary/aromatic N) is 1. The first kappa shape index (κ1) is 14.6. The van der Waals surface area contributed by atoms with E-state index in [0.29, 0.717) is 6.54 Å². The van der Waals surface area contributed by atoms with Gasteiger partial charge in [-0.3, -0.25) is 4.79 Å². The Morgan fingerprint density at radius 3 is 2.95 bits per heavy atom. The van der Waals surface area contributed by atoms with Gasteiger partial charge in [0.1, 0.15) is 0 Å². The summed E-state index contributed by atoms with van der Waals surface area (Å²) in [7, 11) is 0. The Morgan fingerprint density at radius 2 is 2.20 bits per heavy atom. The fraction of sp³-hybridized carbons (Fsp3) is 0.438. The zero-order valence-electron chi connectivity index (χ0n) is 12.0. The first-order chi connectivity index (χ1) is 9.75. The molecule has 20 heavy (non-hydrogen) atoms. The van der Waals surface area contributed by atoms with Gasteiger partial charge >= 0.3 is 0 Å². The third kappa shape index (κ3) is 4.70. The average molecular weight is 274 g/mol. The zero-order valence-corrected chi connectivity index (χ0v) is 12.0. The summed E-state index contributed by atoms with van der Waals surface area (Å²) in [6.45, 7) is 5.74. The molecule has 1 amide bonds. The number of ether oxygens (including phenoxy) is 1. The van der Waals surface area contributed by atoms with Gasteiger partial charge in [-0.25, -0.2) is 0 Å². The highest BCUT2D eigenvalue weighted by Gasteiger charge is 2.10. The highest BCUT2D eigenvalue weighted by atomic mass is 16.5. The number of carbonyl (C=O) groups is 1. The second kappa shape index (κ2) is 7.70. The summed E-state index contributed by atoms with van der Waals surface area (Å²) in [4.78, 5) is 13.1. The van der Waals surface area contributed by atoms with Crippen LogP contribution in [0.1, 0.15) is 18.9 Å². The van der Waals surface area contributed by atoms with E-state index < -0.39 is 0 Å². The molecule has 1 aromatic carbocycles. The van der Waals surface area contributed by atoms with E-state index in [1.807, 2.05) is 0 Å². The van der Waals surface area contributed by atoms with Gasteiger partial charge in [0.05, 0.1) is 13.2 Å². The van der Waals surface area contributed by atoms with Crippen LogP contribution in [0.4, 0.5) is 5.69 Å². The van der Waals surface area contributed by atoms with Crippen LogP contribution in [0.2, 0.25) is 0 Å². The Balaban J connectivity index is 1.88. The molecule has 108 valence electrons. The molecule has 4 nitrogen and oxygen atoms in total. The molecule has 1 heterocycles. The van der Waals surface area contributed by atoms with Crippen molar-refractivity contribution in [3.8, 4) is 0 Å². The molecule has 1 aliphatic rings. The fourth-order valence-corrected chi connectivity index (χ4v) is 2.20. The molecule has 2 rings (SSSR count). The van der Waals surface area contributed by atoms with Gasteiger partial charge in [0.2, 0.25) is 5.91 Å². The van der Waals surface area contributed by atoms with Gasteiger partial charge in [0, 0.05) is 32.2 Å². The molecular weight excluding hydrogens is 252 g/mol. The summed E-state index contributed by atoms with van der Waals surface area (Å²) in [5, 5.41) is 2.78. The third-order valence-electron chi connectivity index (χ3n) is 3.24. The van der Waals surface area contributed by atoms with Crippen LogP contribution in [0, 0.1) is 0 Å². The molecule has 0 aliphatic carbocycles. The van der Waals surface area contributed by atoms with Gasteiger partial charge in [0.15, 0.2) is 0 Å². The van der Waals surface area contributed by atoms with Gasteiger partial charge in [-0.05, 0) is 24.1 Å². The minimum absolute atomic E-state index is 0.0210. The summed E-state index contributed by atoms with van der Waals surface area (Å²) in [6.07, 6.45) is 5.04. The number of rotatable bonds is 5. The quantitative estimate of drug-likeness (QED) is 0.836. The molecule has 1 saturated heterocycles. The average Bonchev–Trinajstić information content (AvgIpc) is 2.48. The zero-order chi connectivity index (χ0) is 14.2. The van der Waals surface area contributed by atoms with Crippen LogP contribution in [-0.2, 0) is 9.53 Å². The molecule has 1 fully saturated rings. The molecule has 1 aliphatic heterocycles. The van der Waals surface area contributed by atoms with E-state index in [4.69, 9.17) is 4.74 Å². The predicted molar refractivity (Wildman–Crippen MR) is 81.8 cm³/mol. The van der Waals surface area contributed by atoms with Gasteiger partial charge in [0.25, 0.3) is 0 Å². The molecule has 0 saturated carbocycles. The van der Waals surface area contributed by atoms with Gasteiger partial charge in [-0.2, -0.15) is 0 Å². The van der Waals surface area contributed by atoms with E-state index in [1.165, 1.54) is 18.2 Å². The van der Waals surface area contributed by atoms with Crippen molar-refractivity contribution in [2.45, 2.75) is 13.3 Å². The molecule has 0 spiro atoms. The lowest BCUT2D eigenvalue weighted by Gasteiger charge is -2.29. The molecule has 4 heteroatoms. The topological polar surface area (TPSA) is 41.6 Å². The maximum atomic E-state index is 10.7. The second-order valence-electron chi connectivity index (χ2n) is 4.87. The Kier molecular flexibility index (Phi) is 5.62. The van der Waals surface area contributed by atoms with E-state index in [-0.39, 0.29) is 5.91 Å². The lowest BCUT2D eigenvalue weighted by molar-refractivity contribution is -0.118. The number of nitrogens with one attached hydrogen (secondary N) is 1. The van der Waals surface area contributed by atoms with Crippen molar-refractivity contribution >= 4 is 17.7 Å². The Labute approximate surface area is 120 Å². The van der Waals surface area contributed by atoms with E-state index in [9.17, 15) is 4.79 Å². The lowest BCUT2D eigenvalue weighted by Crippen LogP contribution is -2.36. The van der Waals surface area contributed by atoms with Crippen LogP contribution in [-0.4, -0.2) is 38.8 Å². The van der Waals surface area contributed by atoms with E-state index >= 15 is 0 Å². The van der Waals surface area contributed by atoms with Crippen LogP contribution in [0.3, 0.4) is 0 Å². The summed E-state index contributed by atoms with van der Waals surface area (Å²) in [5.41, 5.74) is 2.44. The highest BCUT2D eigenvalue weighted by molar-refractivity contribution is 5.72. The first-order valence-corrected chi connectivity index (χ1v) is 7.09. The summed E-state index contributed by atoms with van der Waals surface area (Å²) in [6, 6.07) is 8.51. The van der Waals surface area contributed by atoms with Crippen molar-refractivity contribution in [2.75, 3.05) is 37.7 Å². The minimum Gasteiger partial charge on any atom is -0.378 e. The maximum Gasteiger partial charge on any atom is 0.216 e. The molecule has 0 radical (unpaired) electrons. The van der Waals surface area contributed by atoms with E-state index in [1.54, 1.807) is 0 Å². The normalized spacial score (nSPS) is 15.6. The number of hydrogen-bond acceptors (Lipinski definition) is 3. The molecule has 0 aromatic heterocycles. The van der Waals surface area contributed by atoms with Gasteiger partial charge in [-0.15, -0.1) is 0 Å². The fourth-order valence-electron chi connectivity index (χ4n) is 2.20. The summed E-state index contributed by atoms with van der Waals surface area (Å²) >= 11 is 0. The van der Waals surface area contributed by atoms with Crippen molar-refractivity contribution < 1.29 is 9.53 Å². The van der Waals surface area contributed by atoms with E-state index in [2.05, 4.69) is 46.6 Å². The van der Waals surface area contributed by atoms with Gasteiger partial charge < -0.3 is 15.0 Å². The van der Waals surface area contributed by atoms with Crippen molar-refractivity contribution in [3.63, 3.8) is 0 Å². The SMILES string of the molecule is CC(=O)NCCC=Cc1cccc(N2CCOCC2)c1. The van der Waals surface area contributed by atoms with Crippen LogP contribution in [0.5, 0.6) is 0 Å². The number of benzene rings is 1. The van der Waals surface area contributed by atoms with Crippen molar-refractivity contribution in [1.82, 2.24) is 5.32 Å². The van der Waals surface area contributed by atoms with E-state index in [0.717, 1.165) is 32.7 Å².